The molecule has 0 atom stereocenters. The molecule has 0 unspecified atom stereocenters. The molecule has 0 radical (unpaired) electrons. The van der Waals surface area contributed by atoms with E-state index in [2.05, 4.69) is 16.1 Å². The number of nitrogens with zero attached hydrogens (tertiary/aromatic N) is 2. The number of aryl methyl sites for hydroxylation is 1. The maximum absolute atomic E-state index is 12.3. The van der Waals surface area contributed by atoms with E-state index in [9.17, 15) is 13.7 Å². The van der Waals surface area contributed by atoms with E-state index >= 15 is 0 Å². The molecule has 0 amide bonds. The van der Waals surface area contributed by atoms with E-state index in [0.717, 1.165) is 29.7 Å². The molecule has 1 aliphatic carbocycles. The second kappa shape index (κ2) is 5.33. The standard InChI is InChI=1S/C12H16N4O2S2/c13-8-10-9-2-1-3-11(9)19-12(10)15-20(17,18)16-6-4-14-5-7-16/h14-15H,1-7H2. The van der Waals surface area contributed by atoms with Crippen LogP contribution in [-0.2, 0) is 23.1 Å². The zero-order valence-electron chi connectivity index (χ0n) is 11.0. The fourth-order valence-corrected chi connectivity index (χ4v) is 5.36. The molecule has 2 aliphatic rings. The quantitative estimate of drug-likeness (QED) is 0.859. The zero-order chi connectivity index (χ0) is 14.2. The van der Waals surface area contributed by atoms with Gasteiger partial charge >= 0.3 is 10.2 Å². The first-order valence-electron chi connectivity index (χ1n) is 6.65. The summed E-state index contributed by atoms with van der Waals surface area (Å²) in [4.78, 5) is 1.15. The average molecular weight is 312 g/mol. The van der Waals surface area contributed by atoms with Crippen molar-refractivity contribution in [3.8, 4) is 6.07 Å². The Hall–Kier alpha value is -1.14. The molecule has 20 heavy (non-hydrogen) atoms. The molecular formula is C12H16N4O2S2. The van der Waals surface area contributed by atoms with Crippen LogP contribution in [0.2, 0.25) is 0 Å². The lowest BCUT2D eigenvalue weighted by molar-refractivity contribution is 0.362. The summed E-state index contributed by atoms with van der Waals surface area (Å²) in [5.41, 5.74) is 1.55. The van der Waals surface area contributed by atoms with Crippen LogP contribution in [0, 0.1) is 11.3 Å². The lowest BCUT2D eigenvalue weighted by Gasteiger charge is -2.26. The topological polar surface area (TPSA) is 85.2 Å². The van der Waals surface area contributed by atoms with E-state index in [1.54, 1.807) is 0 Å². The Bertz CT molecular complexity index is 654. The highest BCUT2D eigenvalue weighted by Crippen LogP contribution is 2.39. The molecule has 1 fully saturated rings. The van der Waals surface area contributed by atoms with Gasteiger partial charge in [-0.25, -0.2) is 0 Å². The summed E-state index contributed by atoms with van der Waals surface area (Å²) in [7, 11) is -3.55. The highest BCUT2D eigenvalue weighted by atomic mass is 32.2. The van der Waals surface area contributed by atoms with E-state index < -0.39 is 10.2 Å². The van der Waals surface area contributed by atoms with Crippen molar-refractivity contribution in [2.45, 2.75) is 19.3 Å². The van der Waals surface area contributed by atoms with E-state index in [0.29, 0.717) is 36.7 Å². The van der Waals surface area contributed by atoms with Crippen LogP contribution in [0.15, 0.2) is 0 Å². The van der Waals surface area contributed by atoms with Crippen molar-refractivity contribution in [3.63, 3.8) is 0 Å². The van der Waals surface area contributed by atoms with Crippen molar-refractivity contribution >= 4 is 26.5 Å². The predicted molar refractivity (Wildman–Crippen MR) is 78.0 cm³/mol. The van der Waals surface area contributed by atoms with Gasteiger partial charge in [0.25, 0.3) is 0 Å². The number of fused-ring (bicyclic) bond motifs is 1. The highest BCUT2D eigenvalue weighted by molar-refractivity contribution is 7.90. The fourth-order valence-electron chi connectivity index (χ4n) is 2.66. The molecule has 1 aromatic rings. The number of rotatable bonds is 3. The van der Waals surface area contributed by atoms with Gasteiger partial charge in [-0.2, -0.15) is 18.0 Å². The normalized spacial score (nSPS) is 19.6. The van der Waals surface area contributed by atoms with Crippen LogP contribution in [0.1, 0.15) is 22.4 Å². The first-order chi connectivity index (χ1) is 9.62. The molecule has 0 saturated carbocycles. The molecule has 2 N–H and O–H groups in total. The number of hydrogen-bond acceptors (Lipinski definition) is 5. The van der Waals surface area contributed by atoms with Crippen molar-refractivity contribution in [3.05, 3.63) is 16.0 Å². The maximum Gasteiger partial charge on any atom is 0.302 e. The number of thiophene rings is 1. The minimum Gasteiger partial charge on any atom is -0.314 e. The average Bonchev–Trinajstić information content (AvgIpc) is 2.99. The minimum absolute atomic E-state index is 0.461. The van der Waals surface area contributed by atoms with E-state index in [-0.39, 0.29) is 0 Å². The van der Waals surface area contributed by atoms with E-state index in [1.165, 1.54) is 15.6 Å². The van der Waals surface area contributed by atoms with Gasteiger partial charge in [-0.3, -0.25) is 4.72 Å². The summed E-state index contributed by atoms with van der Waals surface area (Å²) in [5.74, 6) is 0. The van der Waals surface area contributed by atoms with Crippen molar-refractivity contribution in [1.29, 1.82) is 5.26 Å². The Kier molecular flexibility index (Phi) is 3.69. The molecule has 0 aromatic carbocycles. The number of nitrogens with one attached hydrogen (secondary N) is 2. The zero-order valence-corrected chi connectivity index (χ0v) is 12.6. The van der Waals surface area contributed by atoms with Gasteiger partial charge in [0, 0.05) is 31.1 Å². The van der Waals surface area contributed by atoms with Gasteiger partial charge in [0.05, 0.1) is 5.56 Å². The van der Waals surface area contributed by atoms with Crippen LogP contribution in [-0.4, -0.2) is 38.9 Å². The summed E-state index contributed by atoms with van der Waals surface area (Å²) in [6.07, 6.45) is 2.88. The van der Waals surface area contributed by atoms with Crippen molar-refractivity contribution in [1.82, 2.24) is 9.62 Å². The minimum atomic E-state index is -3.55. The molecule has 1 aromatic heterocycles. The van der Waals surface area contributed by atoms with Crippen LogP contribution < -0.4 is 10.0 Å². The summed E-state index contributed by atoms with van der Waals surface area (Å²) in [6, 6.07) is 2.15. The molecule has 0 bridgehead atoms. The Balaban J connectivity index is 1.86. The molecule has 1 aliphatic heterocycles. The number of anilines is 1. The van der Waals surface area contributed by atoms with Gasteiger partial charge in [0.1, 0.15) is 11.1 Å². The Morgan fingerprint density at radius 2 is 2.05 bits per heavy atom. The second-order valence-electron chi connectivity index (χ2n) is 4.93. The van der Waals surface area contributed by atoms with Gasteiger partial charge < -0.3 is 5.32 Å². The van der Waals surface area contributed by atoms with Gasteiger partial charge in [-0.1, -0.05) is 0 Å². The predicted octanol–water partition coefficient (Wildman–Crippen LogP) is 0.670. The third kappa shape index (κ3) is 2.42. The van der Waals surface area contributed by atoms with Crippen LogP contribution >= 0.6 is 11.3 Å². The summed E-state index contributed by atoms with van der Waals surface area (Å²) in [6.45, 7) is 2.24. The smallest absolute Gasteiger partial charge is 0.302 e. The first kappa shape index (κ1) is 13.8. The Morgan fingerprint density at radius 1 is 1.30 bits per heavy atom. The Morgan fingerprint density at radius 3 is 2.75 bits per heavy atom. The lowest BCUT2D eigenvalue weighted by Crippen LogP contribution is -2.48. The van der Waals surface area contributed by atoms with Crippen LogP contribution in [0.5, 0.6) is 0 Å². The van der Waals surface area contributed by atoms with E-state index in [4.69, 9.17) is 0 Å². The molecule has 108 valence electrons. The Labute approximate surface area is 122 Å². The largest absolute Gasteiger partial charge is 0.314 e. The molecular weight excluding hydrogens is 296 g/mol. The van der Waals surface area contributed by atoms with Gasteiger partial charge in [0.2, 0.25) is 0 Å². The number of piperazine rings is 1. The molecule has 1 saturated heterocycles. The van der Waals surface area contributed by atoms with Crippen LogP contribution in [0.3, 0.4) is 0 Å². The van der Waals surface area contributed by atoms with Crippen LogP contribution in [0.4, 0.5) is 5.00 Å². The van der Waals surface area contributed by atoms with Gasteiger partial charge in [-0.15, -0.1) is 11.3 Å². The van der Waals surface area contributed by atoms with Gasteiger partial charge in [0.15, 0.2) is 0 Å². The van der Waals surface area contributed by atoms with Crippen molar-refractivity contribution in [2.75, 3.05) is 30.9 Å². The molecule has 2 heterocycles. The van der Waals surface area contributed by atoms with Crippen molar-refractivity contribution in [2.24, 2.45) is 0 Å². The maximum atomic E-state index is 12.3. The molecule has 3 rings (SSSR count). The number of nitriles is 1. The first-order valence-corrected chi connectivity index (χ1v) is 8.91. The second-order valence-corrected chi connectivity index (χ2v) is 7.71. The van der Waals surface area contributed by atoms with E-state index in [1.807, 2.05) is 0 Å². The third-order valence-electron chi connectivity index (χ3n) is 3.67. The monoisotopic (exact) mass is 312 g/mol. The molecule has 0 spiro atoms. The number of hydrogen-bond donors (Lipinski definition) is 2. The molecule has 6 nitrogen and oxygen atoms in total. The molecule has 8 heteroatoms. The lowest BCUT2D eigenvalue weighted by atomic mass is 10.1. The summed E-state index contributed by atoms with van der Waals surface area (Å²) >= 11 is 1.41. The SMILES string of the molecule is N#Cc1c(NS(=O)(=O)N2CCNCC2)sc2c1CCC2. The van der Waals surface area contributed by atoms with Gasteiger partial charge in [-0.05, 0) is 24.8 Å². The fraction of sp³-hybridized carbons (Fsp3) is 0.583. The summed E-state index contributed by atoms with van der Waals surface area (Å²) in [5, 5.41) is 12.9. The third-order valence-corrected chi connectivity index (χ3v) is 6.51. The summed E-state index contributed by atoms with van der Waals surface area (Å²) < 4.78 is 28.7. The highest BCUT2D eigenvalue weighted by Gasteiger charge is 2.28. The van der Waals surface area contributed by atoms with Crippen LogP contribution in [0.25, 0.3) is 0 Å². The van der Waals surface area contributed by atoms with Crippen molar-refractivity contribution < 1.29 is 8.42 Å².